The van der Waals surface area contributed by atoms with E-state index < -0.39 is 15.6 Å². The first-order chi connectivity index (χ1) is 9.04. The first kappa shape index (κ1) is 13.5. The zero-order chi connectivity index (χ0) is 13.9. The maximum Gasteiger partial charge on any atom is 0.286 e. The maximum absolute atomic E-state index is 12.3. The van der Waals surface area contributed by atoms with Crippen molar-refractivity contribution in [3.63, 3.8) is 0 Å². The Morgan fingerprint density at radius 1 is 1.53 bits per heavy atom. The molecule has 0 spiro atoms. The van der Waals surface area contributed by atoms with Crippen LogP contribution in [0.5, 0.6) is 0 Å². The summed E-state index contributed by atoms with van der Waals surface area (Å²) in [5, 5.41) is 0. The zero-order valence-electron chi connectivity index (χ0n) is 10.2. The molecular weight excluding hydrogens is 266 g/mol. The summed E-state index contributed by atoms with van der Waals surface area (Å²) >= 11 is 0. The van der Waals surface area contributed by atoms with Crippen LogP contribution in [0, 0.1) is 12.3 Å². The van der Waals surface area contributed by atoms with Gasteiger partial charge in [0.2, 0.25) is 0 Å². The van der Waals surface area contributed by atoms with E-state index in [4.69, 9.17) is 16.9 Å². The van der Waals surface area contributed by atoms with Crippen LogP contribution in [0.15, 0.2) is 16.6 Å². The number of anilines is 1. The van der Waals surface area contributed by atoms with Crippen molar-refractivity contribution in [2.24, 2.45) is 4.36 Å². The molecule has 2 rings (SSSR count). The van der Waals surface area contributed by atoms with E-state index in [0.29, 0.717) is 18.8 Å². The Kier molecular flexibility index (Phi) is 3.83. The molecular formula is C12H13N3O3S. The monoisotopic (exact) mass is 279 g/mol. The molecule has 2 heterocycles. The Morgan fingerprint density at radius 3 is 2.84 bits per heavy atom. The molecule has 0 saturated carbocycles. The molecule has 1 amide bonds. The number of nitrogens with zero attached hydrogens (tertiary/aromatic N) is 2. The number of rotatable bonds is 1. The van der Waals surface area contributed by atoms with Crippen LogP contribution in [0.25, 0.3) is 0 Å². The first-order valence-electron chi connectivity index (χ1n) is 5.61. The van der Waals surface area contributed by atoms with Crippen molar-refractivity contribution in [1.29, 1.82) is 0 Å². The van der Waals surface area contributed by atoms with Crippen LogP contribution in [0.4, 0.5) is 5.82 Å². The first-order valence-corrected chi connectivity index (χ1v) is 7.46. The number of nitrogen functional groups attached to an aromatic ring is 1. The number of aromatic nitrogens is 1. The Labute approximate surface area is 111 Å². The van der Waals surface area contributed by atoms with E-state index in [1.54, 1.807) is 0 Å². The molecule has 1 aromatic heterocycles. The molecule has 1 fully saturated rings. The molecule has 1 aromatic rings. The summed E-state index contributed by atoms with van der Waals surface area (Å²) in [6.45, 7) is 0.705. The van der Waals surface area contributed by atoms with E-state index in [-0.39, 0.29) is 22.9 Å². The second-order valence-corrected chi connectivity index (χ2v) is 6.53. The SMILES string of the molecule is C#Cc1cc(C(=O)N=S2(=O)CCOCC2)cnc1N. The van der Waals surface area contributed by atoms with E-state index in [1.807, 2.05) is 0 Å². The highest BCUT2D eigenvalue weighted by molar-refractivity contribution is 7.94. The minimum Gasteiger partial charge on any atom is -0.383 e. The summed E-state index contributed by atoms with van der Waals surface area (Å²) in [5.74, 6) is 2.45. The minimum absolute atomic E-state index is 0.175. The van der Waals surface area contributed by atoms with Gasteiger partial charge in [-0.3, -0.25) is 4.79 Å². The van der Waals surface area contributed by atoms with Crippen LogP contribution in [-0.2, 0) is 14.5 Å². The number of pyridine rings is 1. The summed E-state index contributed by atoms with van der Waals surface area (Å²) < 4.78 is 21.2. The Bertz CT molecular complexity index is 657. The summed E-state index contributed by atoms with van der Waals surface area (Å²) in [7, 11) is -2.53. The van der Waals surface area contributed by atoms with Gasteiger partial charge >= 0.3 is 0 Å². The molecule has 6 nitrogen and oxygen atoms in total. The van der Waals surface area contributed by atoms with Crippen molar-refractivity contribution < 1.29 is 13.7 Å². The van der Waals surface area contributed by atoms with Gasteiger partial charge in [0.05, 0.1) is 45.6 Å². The summed E-state index contributed by atoms with van der Waals surface area (Å²) in [6.07, 6.45) is 6.53. The standard InChI is InChI=1S/C12H13N3O3S/c1-2-9-7-10(8-14-11(9)13)12(16)15-19(17)5-3-18-4-6-19/h1,7-8H,3-6H2,(H2,13,14). The topological polar surface area (TPSA) is 94.6 Å². The lowest BCUT2D eigenvalue weighted by Gasteiger charge is -2.15. The van der Waals surface area contributed by atoms with Crippen LogP contribution < -0.4 is 5.73 Å². The van der Waals surface area contributed by atoms with Crippen LogP contribution in [0.1, 0.15) is 15.9 Å². The zero-order valence-corrected chi connectivity index (χ0v) is 11.0. The molecule has 1 aliphatic rings. The van der Waals surface area contributed by atoms with Crippen molar-refractivity contribution >= 4 is 21.5 Å². The predicted molar refractivity (Wildman–Crippen MR) is 72.0 cm³/mol. The third kappa shape index (κ3) is 3.10. The number of nitrogens with two attached hydrogens (primary N) is 1. The van der Waals surface area contributed by atoms with Gasteiger partial charge in [-0.25, -0.2) is 9.19 Å². The number of carbonyl (C=O) groups is 1. The Hall–Kier alpha value is -1.91. The fourth-order valence-electron chi connectivity index (χ4n) is 1.59. The molecule has 19 heavy (non-hydrogen) atoms. The molecule has 0 aromatic carbocycles. The van der Waals surface area contributed by atoms with Gasteiger partial charge in [0.15, 0.2) is 0 Å². The second-order valence-electron chi connectivity index (χ2n) is 3.99. The maximum atomic E-state index is 12.3. The predicted octanol–water partition coefficient (Wildman–Crippen LogP) is 0.283. The highest BCUT2D eigenvalue weighted by atomic mass is 32.2. The highest BCUT2D eigenvalue weighted by Crippen LogP contribution is 2.12. The molecule has 7 heteroatoms. The van der Waals surface area contributed by atoms with Gasteiger partial charge in [0, 0.05) is 6.20 Å². The molecule has 1 aliphatic heterocycles. The molecule has 2 N–H and O–H groups in total. The van der Waals surface area contributed by atoms with Crippen molar-refractivity contribution in [3.05, 3.63) is 23.4 Å². The fraction of sp³-hybridized carbons (Fsp3) is 0.333. The minimum atomic E-state index is -2.53. The lowest BCUT2D eigenvalue weighted by atomic mass is 10.2. The Morgan fingerprint density at radius 2 is 2.21 bits per heavy atom. The number of hydrogen-bond donors (Lipinski definition) is 1. The van der Waals surface area contributed by atoms with Crippen LogP contribution in [-0.4, -0.2) is 39.8 Å². The summed E-state index contributed by atoms with van der Waals surface area (Å²) in [6, 6.07) is 1.43. The molecule has 1 saturated heterocycles. The van der Waals surface area contributed by atoms with Gasteiger partial charge in [-0.15, -0.1) is 6.42 Å². The number of carbonyl (C=O) groups excluding carboxylic acids is 1. The largest absolute Gasteiger partial charge is 0.383 e. The van der Waals surface area contributed by atoms with Crippen LogP contribution in [0.2, 0.25) is 0 Å². The average Bonchev–Trinajstić information content (AvgIpc) is 2.39. The van der Waals surface area contributed by atoms with Gasteiger partial charge in [-0.1, -0.05) is 5.92 Å². The van der Waals surface area contributed by atoms with E-state index in [9.17, 15) is 9.00 Å². The van der Waals surface area contributed by atoms with Crippen molar-refractivity contribution in [3.8, 4) is 12.3 Å². The fourth-order valence-corrected chi connectivity index (χ4v) is 3.14. The van der Waals surface area contributed by atoms with Gasteiger partial charge in [0.25, 0.3) is 5.91 Å². The number of amides is 1. The average molecular weight is 279 g/mol. The van der Waals surface area contributed by atoms with Crippen LogP contribution in [0.3, 0.4) is 0 Å². The molecule has 0 aliphatic carbocycles. The third-order valence-corrected chi connectivity index (χ3v) is 4.77. The van der Waals surface area contributed by atoms with E-state index >= 15 is 0 Å². The lowest BCUT2D eigenvalue weighted by molar-refractivity contribution is 0.100. The van der Waals surface area contributed by atoms with E-state index in [1.165, 1.54) is 12.3 Å². The molecule has 100 valence electrons. The smallest absolute Gasteiger partial charge is 0.286 e. The molecule has 0 atom stereocenters. The van der Waals surface area contributed by atoms with Crippen molar-refractivity contribution in [2.75, 3.05) is 30.5 Å². The molecule has 0 bridgehead atoms. The van der Waals surface area contributed by atoms with Gasteiger partial charge in [-0.2, -0.15) is 4.36 Å². The molecule has 0 unspecified atom stereocenters. The quantitative estimate of drug-likeness (QED) is 0.745. The Balaban J connectivity index is 2.33. The highest BCUT2D eigenvalue weighted by Gasteiger charge is 2.18. The van der Waals surface area contributed by atoms with Crippen LogP contribution >= 0.6 is 0 Å². The second kappa shape index (κ2) is 5.38. The van der Waals surface area contributed by atoms with E-state index in [2.05, 4.69) is 15.3 Å². The summed E-state index contributed by atoms with van der Waals surface area (Å²) in [5.41, 5.74) is 6.06. The lowest BCUT2D eigenvalue weighted by Crippen LogP contribution is -2.26. The normalized spacial score (nSPS) is 17.4. The molecule has 0 radical (unpaired) electrons. The van der Waals surface area contributed by atoms with E-state index in [0.717, 1.165) is 0 Å². The number of ether oxygens (including phenoxy) is 1. The van der Waals surface area contributed by atoms with Gasteiger partial charge in [0.1, 0.15) is 5.82 Å². The van der Waals surface area contributed by atoms with Gasteiger partial charge in [-0.05, 0) is 6.07 Å². The number of terminal acetylenes is 1. The number of hydrogen-bond acceptors (Lipinski definition) is 5. The summed E-state index contributed by atoms with van der Waals surface area (Å²) in [4.78, 5) is 15.8. The third-order valence-electron chi connectivity index (χ3n) is 2.66. The van der Waals surface area contributed by atoms with Crippen molar-refractivity contribution in [2.45, 2.75) is 0 Å². The van der Waals surface area contributed by atoms with Gasteiger partial charge < -0.3 is 10.5 Å². The van der Waals surface area contributed by atoms with Crippen molar-refractivity contribution in [1.82, 2.24) is 4.98 Å².